The van der Waals surface area contributed by atoms with E-state index in [9.17, 15) is 0 Å². The first-order chi connectivity index (χ1) is 19.4. The molecular formula is C33H46Cl2N2O2S. The topological polar surface area (TPSA) is 36.3 Å². The van der Waals surface area contributed by atoms with E-state index in [1.807, 2.05) is 36.4 Å². The van der Waals surface area contributed by atoms with E-state index in [0.29, 0.717) is 23.3 Å². The predicted molar refractivity (Wildman–Crippen MR) is 170 cm³/mol. The Bertz CT molecular complexity index is 1130. The Morgan fingerprint density at radius 2 is 1.43 bits per heavy atom. The second kappa shape index (κ2) is 18.0. The molecule has 2 aromatic carbocycles. The molecule has 0 aliphatic rings. The fourth-order valence-electron chi connectivity index (χ4n) is 4.77. The molecule has 220 valence electrons. The Morgan fingerprint density at radius 1 is 0.825 bits per heavy atom. The number of ether oxygens (including phenoxy) is 2. The van der Waals surface area contributed by atoms with Crippen molar-refractivity contribution in [3.05, 3.63) is 69.6 Å². The molecule has 40 heavy (non-hydrogen) atoms. The standard InChI is InChI=1S/C33H46Cl2N2O2S/c1-5-6-7-8-9-10-11-12-13-14-19-37-31(24-39-23-26-15-17-29(38-4)18-16-26)36-32(25(2)3)33(37)40-30-21-27(34)20-28(35)22-30/h15-18,20-22,25H,5-14,19,23-24H2,1-4H3. The zero-order chi connectivity index (χ0) is 28.7. The Kier molecular flexibility index (Phi) is 14.8. The number of hydrogen-bond donors (Lipinski definition) is 0. The van der Waals surface area contributed by atoms with Gasteiger partial charge in [-0.05, 0) is 48.2 Å². The summed E-state index contributed by atoms with van der Waals surface area (Å²) >= 11 is 14.4. The van der Waals surface area contributed by atoms with Gasteiger partial charge >= 0.3 is 0 Å². The van der Waals surface area contributed by atoms with Crippen LogP contribution in [0.3, 0.4) is 0 Å². The predicted octanol–water partition coefficient (Wildman–Crippen LogP) is 11.1. The van der Waals surface area contributed by atoms with Gasteiger partial charge in [-0.1, -0.05) is 126 Å². The molecule has 3 aromatic rings. The maximum atomic E-state index is 6.34. The molecule has 0 N–H and O–H groups in total. The summed E-state index contributed by atoms with van der Waals surface area (Å²) in [5.41, 5.74) is 2.21. The van der Waals surface area contributed by atoms with Gasteiger partial charge in [0.15, 0.2) is 0 Å². The fourth-order valence-corrected chi connectivity index (χ4v) is 6.71. The largest absolute Gasteiger partial charge is 0.497 e. The first-order valence-electron chi connectivity index (χ1n) is 14.8. The van der Waals surface area contributed by atoms with E-state index in [0.717, 1.165) is 45.7 Å². The molecule has 0 aliphatic heterocycles. The van der Waals surface area contributed by atoms with Crippen molar-refractivity contribution >= 4 is 35.0 Å². The maximum absolute atomic E-state index is 6.34. The first-order valence-corrected chi connectivity index (χ1v) is 16.4. The highest BCUT2D eigenvalue weighted by Gasteiger charge is 2.21. The van der Waals surface area contributed by atoms with Crippen molar-refractivity contribution in [1.29, 1.82) is 0 Å². The number of benzene rings is 2. The average Bonchev–Trinajstić information content (AvgIpc) is 3.26. The summed E-state index contributed by atoms with van der Waals surface area (Å²) in [4.78, 5) is 6.13. The minimum absolute atomic E-state index is 0.284. The lowest BCUT2D eigenvalue weighted by Gasteiger charge is -2.14. The molecule has 0 saturated carbocycles. The van der Waals surface area contributed by atoms with Crippen molar-refractivity contribution in [2.75, 3.05) is 7.11 Å². The monoisotopic (exact) mass is 604 g/mol. The zero-order valence-corrected chi connectivity index (χ0v) is 27.0. The van der Waals surface area contributed by atoms with E-state index < -0.39 is 0 Å². The van der Waals surface area contributed by atoms with Crippen molar-refractivity contribution < 1.29 is 9.47 Å². The Balaban J connectivity index is 1.69. The lowest BCUT2D eigenvalue weighted by Crippen LogP contribution is -2.08. The van der Waals surface area contributed by atoms with Crippen LogP contribution in [0.25, 0.3) is 0 Å². The third kappa shape index (κ3) is 11.0. The van der Waals surface area contributed by atoms with E-state index in [-0.39, 0.29) is 5.92 Å². The van der Waals surface area contributed by atoms with E-state index in [2.05, 4.69) is 25.3 Å². The van der Waals surface area contributed by atoms with E-state index in [1.165, 1.54) is 57.8 Å². The van der Waals surface area contributed by atoms with Gasteiger partial charge in [-0.25, -0.2) is 4.98 Å². The van der Waals surface area contributed by atoms with Gasteiger partial charge in [0.2, 0.25) is 0 Å². The lowest BCUT2D eigenvalue weighted by molar-refractivity contribution is 0.0986. The number of hydrogen-bond acceptors (Lipinski definition) is 4. The highest BCUT2D eigenvalue weighted by atomic mass is 35.5. The summed E-state index contributed by atoms with van der Waals surface area (Å²) in [5.74, 6) is 2.11. The van der Waals surface area contributed by atoms with Gasteiger partial charge < -0.3 is 14.0 Å². The number of imidazole rings is 1. The van der Waals surface area contributed by atoms with Crippen LogP contribution in [0, 0.1) is 0 Å². The smallest absolute Gasteiger partial charge is 0.136 e. The summed E-state index contributed by atoms with van der Waals surface area (Å²) in [7, 11) is 1.68. The molecule has 0 fully saturated rings. The summed E-state index contributed by atoms with van der Waals surface area (Å²) in [6.07, 6.45) is 13.1. The van der Waals surface area contributed by atoms with Crippen LogP contribution in [0.2, 0.25) is 10.0 Å². The van der Waals surface area contributed by atoms with Crippen molar-refractivity contribution in [2.45, 2.75) is 121 Å². The minimum Gasteiger partial charge on any atom is -0.497 e. The molecule has 3 rings (SSSR count). The SMILES string of the molecule is CCCCCCCCCCCCn1c(COCc2ccc(OC)cc2)nc(C(C)C)c1Sc1cc(Cl)cc(Cl)c1. The lowest BCUT2D eigenvalue weighted by atomic mass is 10.1. The molecule has 0 radical (unpaired) electrons. The van der Waals surface area contributed by atoms with Gasteiger partial charge in [-0.3, -0.25) is 0 Å². The molecule has 0 atom stereocenters. The van der Waals surface area contributed by atoms with Crippen LogP contribution in [-0.2, 0) is 24.5 Å². The fraction of sp³-hybridized carbons (Fsp3) is 0.545. The molecule has 0 unspecified atom stereocenters. The molecule has 1 aromatic heterocycles. The average molecular weight is 606 g/mol. The third-order valence-electron chi connectivity index (χ3n) is 7.02. The van der Waals surface area contributed by atoms with Crippen LogP contribution in [0.1, 0.15) is 108 Å². The van der Waals surface area contributed by atoms with Crippen LogP contribution in [0.15, 0.2) is 52.4 Å². The van der Waals surface area contributed by atoms with Crippen molar-refractivity contribution in [3.63, 3.8) is 0 Å². The van der Waals surface area contributed by atoms with Gasteiger partial charge in [0.25, 0.3) is 0 Å². The summed E-state index contributed by atoms with van der Waals surface area (Å²) < 4.78 is 13.8. The Morgan fingerprint density at radius 3 is 2.00 bits per heavy atom. The van der Waals surface area contributed by atoms with Crippen molar-refractivity contribution in [3.8, 4) is 5.75 Å². The highest BCUT2D eigenvalue weighted by molar-refractivity contribution is 7.99. The second-order valence-electron chi connectivity index (χ2n) is 10.8. The number of rotatable bonds is 19. The van der Waals surface area contributed by atoms with Crippen LogP contribution >= 0.6 is 35.0 Å². The molecule has 4 nitrogen and oxygen atoms in total. The first kappa shape index (κ1) is 32.8. The molecular weight excluding hydrogens is 559 g/mol. The van der Waals surface area contributed by atoms with Gasteiger partial charge in [-0.2, -0.15) is 0 Å². The molecule has 1 heterocycles. The Labute approximate surface area is 256 Å². The summed E-state index contributed by atoms with van der Waals surface area (Å²) in [6.45, 7) is 8.58. The number of aromatic nitrogens is 2. The van der Waals surface area contributed by atoms with E-state index in [1.54, 1.807) is 24.9 Å². The minimum atomic E-state index is 0.284. The maximum Gasteiger partial charge on any atom is 0.136 e. The number of halogens is 2. The molecule has 7 heteroatoms. The van der Waals surface area contributed by atoms with Crippen LogP contribution in [0.5, 0.6) is 5.75 Å². The quantitative estimate of drug-likeness (QED) is 0.127. The summed E-state index contributed by atoms with van der Waals surface area (Å²) in [6, 6.07) is 13.7. The van der Waals surface area contributed by atoms with Gasteiger partial charge in [0.05, 0.1) is 19.4 Å². The van der Waals surface area contributed by atoms with Gasteiger partial charge in [0, 0.05) is 21.5 Å². The van der Waals surface area contributed by atoms with Crippen LogP contribution in [-0.4, -0.2) is 16.7 Å². The van der Waals surface area contributed by atoms with Crippen molar-refractivity contribution in [1.82, 2.24) is 9.55 Å². The molecule has 0 spiro atoms. The Hall–Kier alpha value is -1.66. The third-order valence-corrected chi connectivity index (χ3v) is 8.55. The molecule has 0 aliphatic carbocycles. The highest BCUT2D eigenvalue weighted by Crippen LogP contribution is 2.37. The number of methoxy groups -OCH3 is 1. The molecule has 0 bridgehead atoms. The van der Waals surface area contributed by atoms with E-state index >= 15 is 0 Å². The van der Waals surface area contributed by atoms with Crippen LogP contribution < -0.4 is 4.74 Å². The number of unbranched alkanes of at least 4 members (excludes halogenated alkanes) is 9. The van der Waals surface area contributed by atoms with Crippen LogP contribution in [0.4, 0.5) is 0 Å². The zero-order valence-electron chi connectivity index (χ0n) is 24.7. The summed E-state index contributed by atoms with van der Waals surface area (Å²) in [5, 5.41) is 2.45. The van der Waals surface area contributed by atoms with Crippen molar-refractivity contribution in [2.24, 2.45) is 0 Å². The van der Waals surface area contributed by atoms with E-state index in [4.69, 9.17) is 37.7 Å². The van der Waals surface area contributed by atoms with Gasteiger partial charge in [0.1, 0.15) is 23.2 Å². The normalized spacial score (nSPS) is 11.5. The molecule has 0 saturated heterocycles. The number of nitrogens with zero attached hydrogens (tertiary/aromatic N) is 2. The molecule has 0 amide bonds. The van der Waals surface area contributed by atoms with Gasteiger partial charge in [-0.15, -0.1) is 0 Å². The second-order valence-corrected chi connectivity index (χ2v) is 12.7.